The summed E-state index contributed by atoms with van der Waals surface area (Å²) in [5, 5.41) is 5.75. The summed E-state index contributed by atoms with van der Waals surface area (Å²) in [6.45, 7) is 4.15. The van der Waals surface area contributed by atoms with Crippen molar-refractivity contribution < 1.29 is 13.2 Å². The molecule has 0 saturated carbocycles. The molecule has 0 aromatic heterocycles. The Kier molecular flexibility index (Phi) is 5.97. The predicted octanol–water partition coefficient (Wildman–Crippen LogP) is 0.921. The van der Waals surface area contributed by atoms with Crippen LogP contribution in [0.25, 0.3) is 0 Å². The second-order valence-corrected chi connectivity index (χ2v) is 6.46. The first kappa shape index (κ1) is 16.5. The number of rotatable bonds is 7. The van der Waals surface area contributed by atoms with Crippen molar-refractivity contribution >= 4 is 21.6 Å². The van der Waals surface area contributed by atoms with Crippen molar-refractivity contribution in [3.05, 3.63) is 24.3 Å². The second-order valence-electron chi connectivity index (χ2n) is 4.60. The number of carbonyl (C=O) groups is 1. The van der Waals surface area contributed by atoms with E-state index in [1.165, 1.54) is 13.1 Å². The molecular formula is C13H21N3O3S. The molecule has 0 unspecified atom stereocenters. The maximum Gasteiger partial charge on any atom is 0.242 e. The third kappa shape index (κ3) is 4.82. The summed E-state index contributed by atoms with van der Waals surface area (Å²) in [5.41, 5.74) is 0.485. The lowest BCUT2D eigenvalue weighted by Crippen LogP contribution is -2.31. The van der Waals surface area contributed by atoms with Gasteiger partial charge in [0.2, 0.25) is 15.9 Å². The van der Waals surface area contributed by atoms with E-state index in [2.05, 4.69) is 15.4 Å². The Balaban J connectivity index is 2.68. The molecule has 0 bridgehead atoms. The molecule has 0 fully saturated rings. The number of benzene rings is 1. The number of hydrogen-bond acceptors (Lipinski definition) is 4. The van der Waals surface area contributed by atoms with E-state index in [1.54, 1.807) is 18.2 Å². The van der Waals surface area contributed by atoms with Gasteiger partial charge in [-0.05, 0) is 33.0 Å². The summed E-state index contributed by atoms with van der Waals surface area (Å²) in [6.07, 6.45) is 0.284. The minimum absolute atomic E-state index is 0.0681. The highest BCUT2D eigenvalue weighted by Crippen LogP contribution is 2.20. The molecule has 3 N–H and O–H groups in total. The Morgan fingerprint density at radius 2 is 1.90 bits per heavy atom. The minimum atomic E-state index is -3.51. The summed E-state index contributed by atoms with van der Waals surface area (Å²) in [4.78, 5) is 11.7. The molecule has 20 heavy (non-hydrogen) atoms. The lowest BCUT2D eigenvalue weighted by Gasteiger charge is -2.12. The molecule has 0 heterocycles. The molecule has 7 heteroatoms. The average Bonchev–Trinajstić information content (AvgIpc) is 2.38. The van der Waals surface area contributed by atoms with Crippen molar-refractivity contribution in [3.8, 4) is 0 Å². The monoisotopic (exact) mass is 299 g/mol. The van der Waals surface area contributed by atoms with Gasteiger partial charge in [-0.2, -0.15) is 0 Å². The number of para-hydroxylation sites is 1. The molecule has 0 aliphatic carbocycles. The molecule has 0 saturated heterocycles. The van der Waals surface area contributed by atoms with Crippen LogP contribution in [0.3, 0.4) is 0 Å². The summed E-state index contributed by atoms with van der Waals surface area (Å²) in [5.74, 6) is -0.0681. The van der Waals surface area contributed by atoms with Crippen molar-refractivity contribution in [2.24, 2.45) is 0 Å². The molecule has 1 aromatic carbocycles. The molecule has 1 amide bonds. The van der Waals surface area contributed by atoms with Gasteiger partial charge in [0, 0.05) is 19.0 Å². The van der Waals surface area contributed by atoms with E-state index in [1.807, 2.05) is 13.8 Å². The van der Waals surface area contributed by atoms with Crippen molar-refractivity contribution in [2.75, 3.05) is 18.9 Å². The van der Waals surface area contributed by atoms with Gasteiger partial charge < -0.3 is 10.6 Å². The van der Waals surface area contributed by atoms with Crippen molar-refractivity contribution in [2.45, 2.75) is 31.2 Å². The van der Waals surface area contributed by atoms with Crippen LogP contribution in [0.15, 0.2) is 29.2 Å². The van der Waals surface area contributed by atoms with E-state index in [-0.39, 0.29) is 23.3 Å². The fourth-order valence-electron chi connectivity index (χ4n) is 1.66. The summed E-state index contributed by atoms with van der Waals surface area (Å²) in [6, 6.07) is 6.68. The van der Waals surface area contributed by atoms with Gasteiger partial charge in [-0.25, -0.2) is 13.1 Å². The molecule has 1 rings (SSSR count). The molecule has 112 valence electrons. The van der Waals surface area contributed by atoms with Crippen LogP contribution in [0.1, 0.15) is 20.3 Å². The Labute approximate surface area is 120 Å². The Morgan fingerprint density at radius 1 is 1.25 bits per heavy atom. The predicted molar refractivity (Wildman–Crippen MR) is 79.1 cm³/mol. The summed E-state index contributed by atoms with van der Waals surface area (Å²) in [7, 11) is -2.15. The van der Waals surface area contributed by atoms with Gasteiger partial charge in [0.25, 0.3) is 0 Å². The van der Waals surface area contributed by atoms with Gasteiger partial charge in [-0.1, -0.05) is 12.1 Å². The number of anilines is 1. The SMILES string of the molecule is CNS(=O)(=O)c1ccccc1NCCC(=O)NC(C)C. The largest absolute Gasteiger partial charge is 0.383 e. The molecule has 1 aromatic rings. The van der Waals surface area contributed by atoms with Gasteiger partial charge in [0.05, 0.1) is 5.69 Å². The van der Waals surface area contributed by atoms with Crippen LogP contribution in [-0.4, -0.2) is 34.0 Å². The summed E-state index contributed by atoms with van der Waals surface area (Å²) < 4.78 is 25.9. The van der Waals surface area contributed by atoms with E-state index in [0.717, 1.165) is 0 Å². The second kappa shape index (κ2) is 7.25. The van der Waals surface area contributed by atoms with Crippen LogP contribution in [0.2, 0.25) is 0 Å². The van der Waals surface area contributed by atoms with E-state index < -0.39 is 10.0 Å². The van der Waals surface area contributed by atoms with E-state index in [4.69, 9.17) is 0 Å². The van der Waals surface area contributed by atoms with Crippen LogP contribution in [-0.2, 0) is 14.8 Å². The molecular weight excluding hydrogens is 278 g/mol. The molecule has 0 radical (unpaired) electrons. The smallest absolute Gasteiger partial charge is 0.242 e. The average molecular weight is 299 g/mol. The van der Waals surface area contributed by atoms with Crippen LogP contribution in [0.4, 0.5) is 5.69 Å². The number of amides is 1. The highest BCUT2D eigenvalue weighted by Gasteiger charge is 2.15. The first-order valence-corrected chi connectivity index (χ1v) is 7.91. The van der Waals surface area contributed by atoms with Crippen LogP contribution < -0.4 is 15.4 Å². The fraction of sp³-hybridized carbons (Fsp3) is 0.462. The third-order valence-corrected chi connectivity index (χ3v) is 4.03. The van der Waals surface area contributed by atoms with Gasteiger partial charge in [0.1, 0.15) is 4.90 Å². The molecule has 0 atom stereocenters. The fourth-order valence-corrected chi connectivity index (χ4v) is 2.57. The zero-order valence-electron chi connectivity index (χ0n) is 11.9. The molecule has 0 spiro atoms. The van der Waals surface area contributed by atoms with Gasteiger partial charge in [-0.3, -0.25) is 4.79 Å². The molecule has 0 aliphatic heterocycles. The third-order valence-electron chi connectivity index (χ3n) is 2.56. The first-order valence-electron chi connectivity index (χ1n) is 6.42. The van der Waals surface area contributed by atoms with Crippen molar-refractivity contribution in [1.82, 2.24) is 10.0 Å². The van der Waals surface area contributed by atoms with Gasteiger partial charge in [0.15, 0.2) is 0 Å². The zero-order chi connectivity index (χ0) is 15.2. The lowest BCUT2D eigenvalue weighted by molar-refractivity contribution is -0.121. The number of sulfonamides is 1. The normalized spacial score (nSPS) is 11.4. The number of hydrogen-bond donors (Lipinski definition) is 3. The maximum atomic E-state index is 11.8. The van der Waals surface area contributed by atoms with Crippen molar-refractivity contribution in [1.29, 1.82) is 0 Å². The van der Waals surface area contributed by atoms with Crippen LogP contribution >= 0.6 is 0 Å². The highest BCUT2D eigenvalue weighted by atomic mass is 32.2. The van der Waals surface area contributed by atoms with Crippen molar-refractivity contribution in [3.63, 3.8) is 0 Å². The zero-order valence-corrected chi connectivity index (χ0v) is 12.8. The number of carbonyl (C=O) groups excluding carboxylic acids is 1. The standard InChI is InChI=1S/C13H21N3O3S/c1-10(2)16-13(17)8-9-15-11-6-4-5-7-12(11)20(18,19)14-3/h4-7,10,14-15H,8-9H2,1-3H3,(H,16,17). The molecule has 6 nitrogen and oxygen atoms in total. The lowest BCUT2D eigenvalue weighted by atomic mass is 10.3. The Hall–Kier alpha value is -1.60. The van der Waals surface area contributed by atoms with Crippen LogP contribution in [0, 0.1) is 0 Å². The van der Waals surface area contributed by atoms with E-state index in [0.29, 0.717) is 12.2 Å². The van der Waals surface area contributed by atoms with Crippen LogP contribution in [0.5, 0.6) is 0 Å². The molecule has 0 aliphatic rings. The first-order chi connectivity index (χ1) is 9.36. The van der Waals surface area contributed by atoms with Gasteiger partial charge >= 0.3 is 0 Å². The quantitative estimate of drug-likeness (QED) is 0.699. The van der Waals surface area contributed by atoms with E-state index >= 15 is 0 Å². The topological polar surface area (TPSA) is 87.3 Å². The highest BCUT2D eigenvalue weighted by molar-refractivity contribution is 7.89. The number of nitrogens with one attached hydrogen (secondary N) is 3. The summed E-state index contributed by atoms with van der Waals surface area (Å²) >= 11 is 0. The van der Waals surface area contributed by atoms with E-state index in [9.17, 15) is 13.2 Å². The van der Waals surface area contributed by atoms with Gasteiger partial charge in [-0.15, -0.1) is 0 Å². The minimum Gasteiger partial charge on any atom is -0.383 e. The Bertz CT molecular complexity index is 556. The Morgan fingerprint density at radius 3 is 2.50 bits per heavy atom. The maximum absolute atomic E-state index is 11.8.